The van der Waals surface area contributed by atoms with E-state index in [1.807, 2.05) is 67.6 Å². The number of hydrogen-bond donors (Lipinski definition) is 1. The van der Waals surface area contributed by atoms with Crippen LogP contribution in [0.15, 0.2) is 66.7 Å². The Morgan fingerprint density at radius 2 is 1.68 bits per heavy atom. The summed E-state index contributed by atoms with van der Waals surface area (Å²) in [6.45, 7) is 1.93. The lowest BCUT2D eigenvalue weighted by Crippen LogP contribution is -2.35. The fourth-order valence-corrected chi connectivity index (χ4v) is 2.81. The van der Waals surface area contributed by atoms with Crippen molar-refractivity contribution in [2.75, 3.05) is 18.9 Å². The van der Waals surface area contributed by atoms with Gasteiger partial charge in [0.05, 0.1) is 6.54 Å². The number of carbonyl (C=O) groups excluding carboxylic acids is 2. The molecule has 4 nitrogen and oxygen atoms in total. The summed E-state index contributed by atoms with van der Waals surface area (Å²) in [6, 6.07) is 21.0. The first-order chi connectivity index (χ1) is 12.0. The summed E-state index contributed by atoms with van der Waals surface area (Å²) >= 11 is 0. The highest BCUT2D eigenvalue weighted by atomic mass is 16.2. The molecule has 0 bridgehead atoms. The van der Waals surface area contributed by atoms with Gasteiger partial charge < -0.3 is 10.2 Å². The molecule has 2 amide bonds. The molecule has 0 saturated heterocycles. The summed E-state index contributed by atoms with van der Waals surface area (Å²) in [5, 5.41) is 4.94. The van der Waals surface area contributed by atoms with Gasteiger partial charge in [0.25, 0.3) is 5.91 Å². The first-order valence-corrected chi connectivity index (χ1v) is 8.14. The van der Waals surface area contributed by atoms with Gasteiger partial charge in [-0.25, -0.2) is 0 Å². The quantitative estimate of drug-likeness (QED) is 0.789. The van der Waals surface area contributed by atoms with Crippen molar-refractivity contribution in [1.82, 2.24) is 4.90 Å². The van der Waals surface area contributed by atoms with Gasteiger partial charge in [-0.1, -0.05) is 54.1 Å². The molecule has 0 aromatic heterocycles. The van der Waals surface area contributed by atoms with E-state index in [1.165, 1.54) is 4.90 Å². The topological polar surface area (TPSA) is 49.4 Å². The lowest BCUT2D eigenvalue weighted by atomic mass is 10.1. The zero-order valence-corrected chi connectivity index (χ0v) is 14.3. The third-order valence-corrected chi connectivity index (χ3v) is 4.06. The van der Waals surface area contributed by atoms with E-state index in [-0.39, 0.29) is 18.4 Å². The van der Waals surface area contributed by atoms with Gasteiger partial charge in [0.15, 0.2) is 0 Å². The van der Waals surface area contributed by atoms with Crippen LogP contribution in [0, 0.1) is 6.92 Å². The summed E-state index contributed by atoms with van der Waals surface area (Å²) in [7, 11) is 1.63. The molecule has 3 rings (SSSR count). The van der Waals surface area contributed by atoms with E-state index in [2.05, 4.69) is 5.32 Å². The Kier molecular flexibility index (Phi) is 4.80. The zero-order valence-electron chi connectivity index (χ0n) is 14.3. The van der Waals surface area contributed by atoms with Crippen LogP contribution in [0.25, 0.3) is 10.8 Å². The van der Waals surface area contributed by atoms with Gasteiger partial charge in [-0.05, 0) is 30.5 Å². The Labute approximate surface area is 147 Å². The second-order valence-electron chi connectivity index (χ2n) is 6.11. The van der Waals surface area contributed by atoms with Gasteiger partial charge >= 0.3 is 0 Å². The van der Waals surface area contributed by atoms with Crippen LogP contribution in [-0.2, 0) is 4.79 Å². The summed E-state index contributed by atoms with van der Waals surface area (Å²) in [5.74, 6) is -0.392. The molecule has 0 atom stereocenters. The van der Waals surface area contributed by atoms with Crippen molar-refractivity contribution in [3.8, 4) is 0 Å². The molecule has 25 heavy (non-hydrogen) atoms. The average molecular weight is 332 g/mol. The Hall–Kier alpha value is -3.14. The molecule has 3 aromatic carbocycles. The van der Waals surface area contributed by atoms with E-state index in [1.54, 1.807) is 13.1 Å². The minimum atomic E-state index is -0.222. The Morgan fingerprint density at radius 1 is 0.960 bits per heavy atom. The number of aryl methyl sites for hydroxylation is 1. The number of anilines is 1. The van der Waals surface area contributed by atoms with Crippen molar-refractivity contribution in [2.24, 2.45) is 0 Å². The van der Waals surface area contributed by atoms with Gasteiger partial charge in [0, 0.05) is 23.7 Å². The Balaban J connectivity index is 1.70. The molecule has 0 aliphatic carbocycles. The average Bonchev–Trinajstić information content (AvgIpc) is 2.61. The molecule has 1 N–H and O–H groups in total. The second-order valence-corrected chi connectivity index (χ2v) is 6.11. The number of fused-ring (bicyclic) bond motifs is 1. The SMILES string of the molecule is Cc1cccc(C(=O)N(C)CC(=O)Nc2cccc3ccccc23)c1. The molecule has 126 valence electrons. The Bertz CT molecular complexity index is 929. The van der Waals surface area contributed by atoms with Crippen LogP contribution in [0.5, 0.6) is 0 Å². The molecule has 0 fully saturated rings. The van der Waals surface area contributed by atoms with Crippen molar-refractivity contribution in [2.45, 2.75) is 6.92 Å². The van der Waals surface area contributed by atoms with Gasteiger partial charge in [-0.3, -0.25) is 9.59 Å². The molecule has 3 aromatic rings. The highest BCUT2D eigenvalue weighted by Gasteiger charge is 2.15. The fourth-order valence-electron chi connectivity index (χ4n) is 2.81. The van der Waals surface area contributed by atoms with Crippen molar-refractivity contribution in [3.05, 3.63) is 77.9 Å². The summed E-state index contributed by atoms with van der Waals surface area (Å²) in [6.07, 6.45) is 0. The monoisotopic (exact) mass is 332 g/mol. The summed E-state index contributed by atoms with van der Waals surface area (Å²) in [4.78, 5) is 26.2. The minimum Gasteiger partial charge on any atom is -0.332 e. The third-order valence-electron chi connectivity index (χ3n) is 4.06. The van der Waals surface area contributed by atoms with E-state index in [4.69, 9.17) is 0 Å². The zero-order chi connectivity index (χ0) is 17.8. The Morgan fingerprint density at radius 3 is 2.48 bits per heavy atom. The number of amides is 2. The first-order valence-electron chi connectivity index (χ1n) is 8.14. The molecule has 0 aliphatic rings. The van der Waals surface area contributed by atoms with E-state index < -0.39 is 0 Å². The van der Waals surface area contributed by atoms with E-state index in [0.29, 0.717) is 5.56 Å². The summed E-state index contributed by atoms with van der Waals surface area (Å²) < 4.78 is 0. The molecule has 0 radical (unpaired) electrons. The molecular formula is C21H20N2O2. The van der Waals surface area contributed by atoms with Gasteiger partial charge in [0.1, 0.15) is 0 Å². The molecule has 4 heteroatoms. The second kappa shape index (κ2) is 7.18. The highest BCUT2D eigenvalue weighted by molar-refractivity contribution is 6.04. The van der Waals surface area contributed by atoms with E-state index in [0.717, 1.165) is 22.0 Å². The van der Waals surface area contributed by atoms with Crippen molar-refractivity contribution < 1.29 is 9.59 Å². The van der Waals surface area contributed by atoms with Crippen LogP contribution in [0.3, 0.4) is 0 Å². The number of nitrogens with zero attached hydrogens (tertiary/aromatic N) is 1. The summed E-state index contributed by atoms with van der Waals surface area (Å²) in [5.41, 5.74) is 2.35. The number of carbonyl (C=O) groups is 2. The lowest BCUT2D eigenvalue weighted by Gasteiger charge is -2.17. The van der Waals surface area contributed by atoms with Crippen molar-refractivity contribution >= 4 is 28.3 Å². The van der Waals surface area contributed by atoms with Crippen LogP contribution in [0.4, 0.5) is 5.69 Å². The fraction of sp³-hybridized carbons (Fsp3) is 0.143. The van der Waals surface area contributed by atoms with Crippen molar-refractivity contribution in [3.63, 3.8) is 0 Å². The number of likely N-dealkylation sites (N-methyl/N-ethyl adjacent to an activating group) is 1. The predicted molar refractivity (Wildman–Crippen MR) is 101 cm³/mol. The smallest absolute Gasteiger partial charge is 0.254 e. The van der Waals surface area contributed by atoms with Crippen LogP contribution >= 0.6 is 0 Å². The van der Waals surface area contributed by atoms with Crippen LogP contribution in [-0.4, -0.2) is 30.3 Å². The molecule has 0 saturated carbocycles. The van der Waals surface area contributed by atoms with Gasteiger partial charge in [0.2, 0.25) is 5.91 Å². The maximum absolute atomic E-state index is 12.4. The van der Waals surface area contributed by atoms with Crippen LogP contribution in [0.2, 0.25) is 0 Å². The number of benzene rings is 3. The maximum atomic E-state index is 12.4. The standard InChI is InChI=1S/C21H20N2O2/c1-15-7-5-10-17(13-15)21(25)23(2)14-20(24)22-19-12-6-9-16-8-3-4-11-18(16)19/h3-13H,14H2,1-2H3,(H,22,24). The first kappa shape index (κ1) is 16.7. The van der Waals surface area contributed by atoms with E-state index in [9.17, 15) is 9.59 Å². The number of nitrogens with one attached hydrogen (secondary N) is 1. The molecular weight excluding hydrogens is 312 g/mol. The van der Waals surface area contributed by atoms with E-state index >= 15 is 0 Å². The van der Waals surface area contributed by atoms with Crippen molar-refractivity contribution in [1.29, 1.82) is 0 Å². The van der Waals surface area contributed by atoms with Crippen LogP contribution < -0.4 is 5.32 Å². The molecule has 0 spiro atoms. The normalized spacial score (nSPS) is 10.5. The maximum Gasteiger partial charge on any atom is 0.254 e. The number of rotatable bonds is 4. The number of hydrogen-bond acceptors (Lipinski definition) is 2. The molecule has 0 aliphatic heterocycles. The van der Waals surface area contributed by atoms with Crippen LogP contribution in [0.1, 0.15) is 15.9 Å². The van der Waals surface area contributed by atoms with Gasteiger partial charge in [-0.2, -0.15) is 0 Å². The minimum absolute atomic E-state index is 0.00397. The highest BCUT2D eigenvalue weighted by Crippen LogP contribution is 2.22. The molecule has 0 heterocycles. The van der Waals surface area contributed by atoms with Gasteiger partial charge in [-0.15, -0.1) is 0 Å². The lowest BCUT2D eigenvalue weighted by molar-refractivity contribution is -0.116. The predicted octanol–water partition coefficient (Wildman–Crippen LogP) is 3.86. The molecule has 0 unspecified atom stereocenters. The third kappa shape index (κ3) is 3.86. The largest absolute Gasteiger partial charge is 0.332 e.